The van der Waals surface area contributed by atoms with Crippen LogP contribution in [0.5, 0.6) is 0 Å². The summed E-state index contributed by atoms with van der Waals surface area (Å²) in [6.07, 6.45) is 1.40. The largest absolute Gasteiger partial charge is 0.459 e. The molecule has 3 rings (SSSR count). The second-order valence-corrected chi connectivity index (χ2v) is 8.50. The Bertz CT molecular complexity index is 1070. The van der Waals surface area contributed by atoms with Crippen molar-refractivity contribution in [2.24, 2.45) is 4.99 Å². The van der Waals surface area contributed by atoms with Crippen molar-refractivity contribution < 1.29 is 23.6 Å². The second kappa shape index (κ2) is 12.0. The number of carbonyl (C=O) groups excluding carboxylic acids is 4. The summed E-state index contributed by atoms with van der Waals surface area (Å²) >= 11 is 1.30. The number of nitrogens with one attached hydrogen (secondary N) is 3. The van der Waals surface area contributed by atoms with E-state index in [1.165, 1.54) is 18.0 Å². The molecule has 0 aliphatic carbocycles. The monoisotopic (exact) mass is 485 g/mol. The average Bonchev–Trinajstić information content (AvgIpc) is 3.48. The van der Waals surface area contributed by atoms with Crippen molar-refractivity contribution in [1.29, 1.82) is 0 Å². The molecule has 1 unspecified atom stereocenters. The van der Waals surface area contributed by atoms with E-state index in [0.717, 1.165) is 13.1 Å². The quantitative estimate of drug-likeness (QED) is 0.439. The fourth-order valence-corrected chi connectivity index (χ4v) is 4.40. The molecular weight excluding hydrogens is 458 g/mol. The molecule has 1 atom stereocenters. The smallest absolute Gasteiger partial charge is 0.287 e. The molecule has 2 heterocycles. The molecule has 4 amide bonds. The molecule has 0 saturated heterocycles. The molecule has 10 nitrogen and oxygen atoms in total. The zero-order chi connectivity index (χ0) is 24.5. The highest BCUT2D eigenvalue weighted by molar-refractivity contribution is 8.15. The van der Waals surface area contributed by atoms with Crippen molar-refractivity contribution in [1.82, 2.24) is 15.5 Å². The molecule has 0 radical (unpaired) electrons. The lowest BCUT2D eigenvalue weighted by Gasteiger charge is -2.19. The lowest BCUT2D eigenvalue weighted by Crippen LogP contribution is -2.34. The van der Waals surface area contributed by atoms with E-state index in [9.17, 15) is 19.2 Å². The predicted octanol–water partition coefficient (Wildman–Crippen LogP) is 2.11. The summed E-state index contributed by atoms with van der Waals surface area (Å²) < 4.78 is 5.00. The van der Waals surface area contributed by atoms with E-state index in [1.54, 1.807) is 36.4 Å². The summed E-state index contributed by atoms with van der Waals surface area (Å²) in [7, 11) is 0. The number of hydrogen-bond acceptors (Lipinski definition) is 7. The minimum Gasteiger partial charge on any atom is -0.459 e. The Morgan fingerprint density at radius 1 is 1.06 bits per heavy atom. The summed E-state index contributed by atoms with van der Waals surface area (Å²) in [6.45, 7) is 5.89. The van der Waals surface area contributed by atoms with Gasteiger partial charge in [0.15, 0.2) is 10.9 Å². The molecular formula is C23H27N5O5S. The van der Waals surface area contributed by atoms with Crippen LogP contribution in [0.4, 0.5) is 5.69 Å². The Hall–Kier alpha value is -3.60. The number of anilines is 1. The summed E-state index contributed by atoms with van der Waals surface area (Å²) in [4.78, 5) is 54.9. The summed E-state index contributed by atoms with van der Waals surface area (Å²) in [5.74, 6) is -1.16. The van der Waals surface area contributed by atoms with Gasteiger partial charge in [0.25, 0.3) is 17.7 Å². The molecule has 180 valence electrons. The first-order valence-corrected chi connectivity index (χ1v) is 11.8. The Morgan fingerprint density at radius 3 is 2.47 bits per heavy atom. The van der Waals surface area contributed by atoms with E-state index in [2.05, 4.69) is 20.9 Å². The fraction of sp³-hybridized carbons (Fsp3) is 0.348. The van der Waals surface area contributed by atoms with E-state index in [1.807, 2.05) is 18.7 Å². The van der Waals surface area contributed by atoms with Crippen LogP contribution in [0.3, 0.4) is 0 Å². The molecule has 1 aliphatic rings. The van der Waals surface area contributed by atoms with Crippen LogP contribution >= 0.6 is 11.8 Å². The van der Waals surface area contributed by atoms with Gasteiger partial charge in [-0.15, -0.1) is 0 Å². The number of nitrogens with zero attached hydrogens (tertiary/aromatic N) is 2. The Kier molecular flexibility index (Phi) is 8.86. The molecule has 11 heteroatoms. The third-order valence-corrected chi connectivity index (χ3v) is 6.20. The Morgan fingerprint density at radius 2 is 1.79 bits per heavy atom. The second-order valence-electron chi connectivity index (χ2n) is 7.33. The standard InChI is InChI=1S/C23H27N5O5S/c1-3-28(4-2)23-27-22(32)18(34-23)14-19(29)26-16-8-5-7-15(13-16)20(30)24-10-11-25-21(31)17-9-6-12-33-17/h5-9,12-13,18H,3-4,10-11,14H2,1-2H3,(H,24,30)(H,25,31)(H,26,29). The molecule has 0 fully saturated rings. The number of hydrogen-bond donors (Lipinski definition) is 3. The van der Waals surface area contributed by atoms with E-state index >= 15 is 0 Å². The maximum Gasteiger partial charge on any atom is 0.287 e. The minimum atomic E-state index is -0.557. The van der Waals surface area contributed by atoms with Gasteiger partial charge in [0.05, 0.1) is 6.26 Å². The zero-order valence-corrected chi connectivity index (χ0v) is 19.8. The first-order chi connectivity index (χ1) is 16.4. The number of thioether (sulfide) groups is 1. The van der Waals surface area contributed by atoms with Crippen molar-refractivity contribution >= 4 is 46.2 Å². The predicted molar refractivity (Wildman–Crippen MR) is 130 cm³/mol. The molecule has 1 aromatic heterocycles. The van der Waals surface area contributed by atoms with E-state index in [-0.39, 0.29) is 48.9 Å². The van der Waals surface area contributed by atoms with E-state index in [4.69, 9.17) is 4.42 Å². The van der Waals surface area contributed by atoms with Crippen molar-refractivity contribution in [3.63, 3.8) is 0 Å². The number of rotatable bonds is 10. The van der Waals surface area contributed by atoms with Gasteiger partial charge in [-0.2, -0.15) is 4.99 Å². The highest BCUT2D eigenvalue weighted by Crippen LogP contribution is 2.27. The minimum absolute atomic E-state index is 0.0104. The average molecular weight is 486 g/mol. The van der Waals surface area contributed by atoms with E-state index < -0.39 is 5.25 Å². The van der Waals surface area contributed by atoms with Crippen molar-refractivity contribution in [2.75, 3.05) is 31.5 Å². The van der Waals surface area contributed by atoms with Gasteiger partial charge >= 0.3 is 0 Å². The highest BCUT2D eigenvalue weighted by atomic mass is 32.2. The van der Waals surface area contributed by atoms with Crippen LogP contribution in [0.2, 0.25) is 0 Å². The van der Waals surface area contributed by atoms with Crippen LogP contribution in [0.15, 0.2) is 52.1 Å². The van der Waals surface area contributed by atoms with E-state index in [0.29, 0.717) is 16.4 Å². The van der Waals surface area contributed by atoms with Crippen LogP contribution in [-0.2, 0) is 9.59 Å². The Labute approximate surface area is 201 Å². The Balaban J connectivity index is 1.45. The number of amidine groups is 1. The van der Waals surface area contributed by atoms with Gasteiger partial charge in [-0.1, -0.05) is 17.8 Å². The van der Waals surface area contributed by atoms with Crippen LogP contribution in [0, 0.1) is 0 Å². The van der Waals surface area contributed by atoms with Gasteiger partial charge in [0.2, 0.25) is 5.91 Å². The maximum absolute atomic E-state index is 12.5. The van der Waals surface area contributed by atoms with Crippen molar-refractivity contribution in [3.05, 3.63) is 54.0 Å². The number of benzene rings is 1. The third-order valence-electron chi connectivity index (χ3n) is 4.98. The summed E-state index contributed by atoms with van der Waals surface area (Å²) in [5, 5.41) is 8.17. The molecule has 1 aliphatic heterocycles. The van der Waals surface area contributed by atoms with Crippen LogP contribution in [0.25, 0.3) is 0 Å². The van der Waals surface area contributed by atoms with Gasteiger partial charge in [-0.05, 0) is 44.2 Å². The number of furan rings is 1. The molecule has 0 spiro atoms. The van der Waals surface area contributed by atoms with Crippen LogP contribution in [0.1, 0.15) is 41.2 Å². The summed E-state index contributed by atoms with van der Waals surface area (Å²) in [5.41, 5.74) is 0.803. The highest BCUT2D eigenvalue weighted by Gasteiger charge is 2.32. The van der Waals surface area contributed by atoms with Crippen LogP contribution < -0.4 is 16.0 Å². The van der Waals surface area contributed by atoms with Gasteiger partial charge < -0.3 is 25.3 Å². The van der Waals surface area contributed by atoms with Crippen molar-refractivity contribution in [2.45, 2.75) is 25.5 Å². The van der Waals surface area contributed by atoms with Gasteiger partial charge in [0, 0.05) is 43.9 Å². The molecule has 1 aromatic carbocycles. The zero-order valence-electron chi connectivity index (χ0n) is 19.0. The van der Waals surface area contributed by atoms with Gasteiger partial charge in [-0.25, -0.2) is 0 Å². The van der Waals surface area contributed by atoms with Crippen LogP contribution in [-0.4, -0.2) is 65.1 Å². The normalized spacial score (nSPS) is 14.9. The first-order valence-electron chi connectivity index (χ1n) is 10.9. The number of amides is 4. The number of carbonyl (C=O) groups is 4. The molecule has 0 bridgehead atoms. The molecule has 3 N–H and O–H groups in total. The number of aliphatic imine (C=N–C) groups is 1. The first kappa shape index (κ1) is 25.0. The van der Waals surface area contributed by atoms with Gasteiger partial charge in [0.1, 0.15) is 5.25 Å². The molecule has 2 aromatic rings. The molecule has 34 heavy (non-hydrogen) atoms. The maximum atomic E-state index is 12.5. The topological polar surface area (TPSA) is 133 Å². The SMILES string of the molecule is CCN(CC)C1=NC(=O)C(CC(=O)Nc2cccc(C(=O)NCCNC(=O)c3ccco3)c2)S1. The molecule has 0 saturated carbocycles. The van der Waals surface area contributed by atoms with Gasteiger partial charge in [-0.3, -0.25) is 19.2 Å². The van der Waals surface area contributed by atoms with Crippen molar-refractivity contribution in [3.8, 4) is 0 Å². The third kappa shape index (κ3) is 6.70. The fourth-order valence-electron chi connectivity index (χ4n) is 3.21. The lowest BCUT2D eigenvalue weighted by molar-refractivity contribution is -0.121. The lowest BCUT2D eigenvalue weighted by atomic mass is 10.2. The summed E-state index contributed by atoms with van der Waals surface area (Å²) in [6, 6.07) is 9.65.